The minimum absolute atomic E-state index is 0.293. The Bertz CT molecular complexity index is 1100. The number of para-hydroxylation sites is 3. The highest BCUT2D eigenvalue weighted by Crippen LogP contribution is 2.31. The van der Waals surface area contributed by atoms with Crippen molar-refractivity contribution in [2.24, 2.45) is 0 Å². The zero-order valence-electron chi connectivity index (χ0n) is 15.1. The summed E-state index contributed by atoms with van der Waals surface area (Å²) in [7, 11) is 1.92. The average Bonchev–Trinajstić information content (AvgIpc) is 2.70. The molecule has 0 aliphatic heterocycles. The van der Waals surface area contributed by atoms with Crippen LogP contribution in [0.25, 0.3) is 10.9 Å². The van der Waals surface area contributed by atoms with Crippen molar-refractivity contribution in [3.8, 4) is 0 Å². The van der Waals surface area contributed by atoms with E-state index >= 15 is 0 Å². The number of nitrogens with zero attached hydrogens (tertiary/aromatic N) is 3. The molecule has 4 rings (SSSR count). The second kappa shape index (κ2) is 7.03. The number of benzene rings is 3. The highest BCUT2D eigenvalue weighted by atomic mass is 19.1. The van der Waals surface area contributed by atoms with Crippen LogP contribution in [0.4, 0.5) is 27.5 Å². The molecule has 0 fully saturated rings. The third-order valence-corrected chi connectivity index (χ3v) is 4.51. The summed E-state index contributed by atoms with van der Waals surface area (Å²) in [6, 6.07) is 22.6. The Kier molecular flexibility index (Phi) is 4.42. The van der Waals surface area contributed by atoms with Gasteiger partial charge in [-0.15, -0.1) is 0 Å². The van der Waals surface area contributed by atoms with Gasteiger partial charge in [-0.25, -0.2) is 9.37 Å². The summed E-state index contributed by atoms with van der Waals surface area (Å²) in [6.45, 7) is 2.00. The molecule has 0 unspecified atom stereocenters. The van der Waals surface area contributed by atoms with Crippen LogP contribution in [0.5, 0.6) is 0 Å². The number of hydrogen-bond donors (Lipinski definition) is 1. The van der Waals surface area contributed by atoms with Crippen LogP contribution in [0, 0.1) is 12.7 Å². The largest absolute Gasteiger partial charge is 0.329 e. The van der Waals surface area contributed by atoms with Gasteiger partial charge in [-0.05, 0) is 42.8 Å². The molecule has 134 valence electrons. The molecule has 0 spiro atoms. The van der Waals surface area contributed by atoms with Crippen LogP contribution in [-0.2, 0) is 0 Å². The molecule has 27 heavy (non-hydrogen) atoms. The van der Waals surface area contributed by atoms with E-state index in [9.17, 15) is 4.39 Å². The number of aromatic nitrogens is 2. The smallest absolute Gasteiger partial charge is 0.229 e. The molecule has 4 nitrogen and oxygen atoms in total. The maximum Gasteiger partial charge on any atom is 0.229 e. The Hall–Kier alpha value is -3.47. The molecule has 5 heteroatoms. The molecule has 0 atom stereocenters. The van der Waals surface area contributed by atoms with Gasteiger partial charge in [0.15, 0.2) is 0 Å². The summed E-state index contributed by atoms with van der Waals surface area (Å²) in [5, 5.41) is 3.89. The van der Waals surface area contributed by atoms with Crippen LogP contribution in [0.2, 0.25) is 0 Å². The molecule has 0 amide bonds. The first-order valence-corrected chi connectivity index (χ1v) is 8.71. The van der Waals surface area contributed by atoms with Crippen molar-refractivity contribution in [1.82, 2.24) is 9.97 Å². The molecule has 0 aliphatic rings. The fraction of sp³-hybridized carbons (Fsp3) is 0.0909. The van der Waals surface area contributed by atoms with Gasteiger partial charge in [-0.1, -0.05) is 42.5 Å². The summed E-state index contributed by atoms with van der Waals surface area (Å²) in [5.74, 6) is 0.631. The first-order valence-electron chi connectivity index (χ1n) is 8.71. The summed E-state index contributed by atoms with van der Waals surface area (Å²) in [4.78, 5) is 11.1. The van der Waals surface area contributed by atoms with E-state index in [1.165, 1.54) is 6.07 Å². The van der Waals surface area contributed by atoms with Gasteiger partial charge in [0, 0.05) is 23.8 Å². The number of halogens is 1. The minimum Gasteiger partial charge on any atom is -0.329 e. The van der Waals surface area contributed by atoms with Crippen molar-refractivity contribution >= 4 is 34.0 Å². The second-order valence-electron chi connectivity index (χ2n) is 6.34. The lowest BCUT2D eigenvalue weighted by Gasteiger charge is -2.21. The van der Waals surface area contributed by atoms with Crippen molar-refractivity contribution in [2.45, 2.75) is 6.92 Å². The van der Waals surface area contributed by atoms with Gasteiger partial charge in [0.1, 0.15) is 17.2 Å². The van der Waals surface area contributed by atoms with Gasteiger partial charge < -0.3 is 10.2 Å². The molecule has 1 N–H and O–H groups in total. The van der Waals surface area contributed by atoms with Gasteiger partial charge in [-0.3, -0.25) is 0 Å². The van der Waals surface area contributed by atoms with E-state index in [0.29, 0.717) is 22.7 Å². The Morgan fingerprint density at radius 1 is 0.852 bits per heavy atom. The Morgan fingerprint density at radius 3 is 2.37 bits per heavy atom. The van der Waals surface area contributed by atoms with E-state index < -0.39 is 0 Å². The van der Waals surface area contributed by atoms with Crippen LogP contribution < -0.4 is 10.2 Å². The van der Waals surface area contributed by atoms with Gasteiger partial charge >= 0.3 is 0 Å². The third kappa shape index (κ3) is 3.31. The predicted octanol–water partition coefficient (Wildman–Crippen LogP) is 5.59. The zero-order chi connectivity index (χ0) is 18.8. The number of fused-ring (bicyclic) bond motifs is 1. The molecule has 3 aromatic carbocycles. The Morgan fingerprint density at radius 2 is 1.59 bits per heavy atom. The first-order chi connectivity index (χ1) is 13.1. The molecule has 0 bridgehead atoms. The number of nitrogens with one attached hydrogen (secondary N) is 1. The van der Waals surface area contributed by atoms with Gasteiger partial charge in [0.05, 0.1) is 0 Å². The molecule has 0 aliphatic carbocycles. The van der Waals surface area contributed by atoms with E-state index in [2.05, 4.69) is 10.3 Å². The van der Waals surface area contributed by atoms with Gasteiger partial charge in [-0.2, -0.15) is 4.98 Å². The summed E-state index contributed by atoms with van der Waals surface area (Å²) in [5.41, 5.74) is 3.21. The molecule has 0 radical (unpaired) electrons. The summed E-state index contributed by atoms with van der Waals surface area (Å²) in [6.07, 6.45) is 0. The van der Waals surface area contributed by atoms with E-state index in [1.54, 1.807) is 6.07 Å². The monoisotopic (exact) mass is 358 g/mol. The summed E-state index contributed by atoms with van der Waals surface area (Å²) < 4.78 is 14.5. The van der Waals surface area contributed by atoms with E-state index in [-0.39, 0.29) is 5.82 Å². The van der Waals surface area contributed by atoms with E-state index in [4.69, 9.17) is 4.98 Å². The fourth-order valence-corrected chi connectivity index (χ4v) is 3.02. The highest BCUT2D eigenvalue weighted by molar-refractivity contribution is 5.93. The van der Waals surface area contributed by atoms with Crippen LogP contribution in [-0.4, -0.2) is 17.0 Å². The SMILES string of the molecule is Cc1ccccc1Nc1nc(N(C)c2ccccc2)c2cccc(F)c2n1. The van der Waals surface area contributed by atoms with Crippen LogP contribution >= 0.6 is 0 Å². The van der Waals surface area contributed by atoms with Crippen molar-refractivity contribution in [3.63, 3.8) is 0 Å². The van der Waals surface area contributed by atoms with Crippen molar-refractivity contribution in [1.29, 1.82) is 0 Å². The van der Waals surface area contributed by atoms with Gasteiger partial charge in [0.25, 0.3) is 0 Å². The normalized spacial score (nSPS) is 10.8. The maximum absolute atomic E-state index is 14.5. The lowest BCUT2D eigenvalue weighted by molar-refractivity contribution is 0.636. The number of aryl methyl sites for hydroxylation is 1. The number of hydrogen-bond acceptors (Lipinski definition) is 4. The first kappa shape index (κ1) is 17.0. The second-order valence-corrected chi connectivity index (χ2v) is 6.34. The topological polar surface area (TPSA) is 41.1 Å². The Balaban J connectivity index is 1.87. The maximum atomic E-state index is 14.5. The lowest BCUT2D eigenvalue weighted by Crippen LogP contribution is -2.13. The zero-order valence-corrected chi connectivity index (χ0v) is 15.1. The fourth-order valence-electron chi connectivity index (χ4n) is 3.02. The molecule has 4 aromatic rings. The number of rotatable bonds is 4. The van der Waals surface area contributed by atoms with Crippen LogP contribution in [0.3, 0.4) is 0 Å². The predicted molar refractivity (Wildman–Crippen MR) is 108 cm³/mol. The van der Waals surface area contributed by atoms with Crippen LogP contribution in [0.1, 0.15) is 5.56 Å². The molecule has 1 heterocycles. The standard InChI is InChI=1S/C22H19FN4/c1-15-9-6-7-14-19(15)24-22-25-20-17(12-8-13-18(20)23)21(26-22)27(2)16-10-4-3-5-11-16/h3-14H,1-2H3,(H,24,25,26). The quantitative estimate of drug-likeness (QED) is 0.516. The molecule has 0 saturated carbocycles. The highest BCUT2D eigenvalue weighted by Gasteiger charge is 2.16. The van der Waals surface area contributed by atoms with Crippen molar-refractivity contribution in [2.75, 3.05) is 17.3 Å². The average molecular weight is 358 g/mol. The minimum atomic E-state index is -0.370. The third-order valence-electron chi connectivity index (χ3n) is 4.51. The number of anilines is 4. The van der Waals surface area contributed by atoms with Crippen molar-refractivity contribution < 1.29 is 4.39 Å². The summed E-state index contributed by atoms with van der Waals surface area (Å²) >= 11 is 0. The molecular formula is C22H19FN4. The molecule has 1 aromatic heterocycles. The van der Waals surface area contributed by atoms with Gasteiger partial charge in [0.2, 0.25) is 5.95 Å². The molecule has 0 saturated heterocycles. The Labute approximate surface area is 157 Å². The van der Waals surface area contributed by atoms with E-state index in [0.717, 1.165) is 16.9 Å². The van der Waals surface area contributed by atoms with Crippen LogP contribution in [0.15, 0.2) is 72.8 Å². The lowest BCUT2D eigenvalue weighted by atomic mass is 10.2. The molecular weight excluding hydrogens is 339 g/mol. The van der Waals surface area contributed by atoms with E-state index in [1.807, 2.05) is 79.5 Å². The van der Waals surface area contributed by atoms with Crippen molar-refractivity contribution in [3.05, 3.63) is 84.2 Å².